The molecule has 0 amide bonds. The topological polar surface area (TPSA) is 71.6 Å². The predicted molar refractivity (Wildman–Crippen MR) is 123 cm³/mol. The third-order valence-electron chi connectivity index (χ3n) is 5.51. The molecule has 0 aliphatic heterocycles. The zero-order chi connectivity index (χ0) is 22.0. The van der Waals surface area contributed by atoms with Gasteiger partial charge in [-0.1, -0.05) is 32.0 Å². The Hall–Kier alpha value is -3.72. The van der Waals surface area contributed by atoms with Crippen LogP contribution < -0.4 is 14.8 Å². The second-order valence-corrected chi connectivity index (χ2v) is 7.75. The highest BCUT2D eigenvalue weighted by molar-refractivity contribution is 5.85. The predicted octanol–water partition coefficient (Wildman–Crippen LogP) is 5.15. The van der Waals surface area contributed by atoms with E-state index in [0.717, 1.165) is 52.4 Å². The molecule has 6 nitrogen and oxygen atoms in total. The third-order valence-corrected chi connectivity index (χ3v) is 5.51. The maximum Gasteiger partial charge on any atom is 0.160 e. The highest BCUT2D eigenvalue weighted by atomic mass is 16.5. The summed E-state index contributed by atoms with van der Waals surface area (Å²) in [6.45, 7) is 4.92. The van der Waals surface area contributed by atoms with Crippen molar-refractivity contribution < 1.29 is 9.47 Å². The summed E-state index contributed by atoms with van der Waals surface area (Å²) < 4.78 is 12.8. The van der Waals surface area contributed by atoms with E-state index in [4.69, 9.17) is 14.5 Å². The van der Waals surface area contributed by atoms with E-state index in [0.29, 0.717) is 11.2 Å². The molecule has 31 heavy (non-hydrogen) atoms. The number of nitrogens with zero attached hydrogens (tertiary/aromatic N) is 3. The molecule has 0 saturated heterocycles. The molecule has 2 heterocycles. The fourth-order valence-corrected chi connectivity index (χ4v) is 3.92. The van der Waals surface area contributed by atoms with E-state index in [1.165, 1.54) is 0 Å². The minimum absolute atomic E-state index is 0.214. The van der Waals surface area contributed by atoms with Gasteiger partial charge in [-0.25, -0.2) is 4.98 Å². The number of aromatic nitrogens is 2. The minimum atomic E-state index is 0.214. The molecule has 0 fully saturated rings. The van der Waals surface area contributed by atoms with Crippen LogP contribution in [0.1, 0.15) is 36.5 Å². The molecule has 6 heteroatoms. The third kappa shape index (κ3) is 3.75. The van der Waals surface area contributed by atoms with Crippen molar-refractivity contribution in [3.8, 4) is 17.6 Å². The number of nitrogens with one attached hydrogen (secondary N) is 1. The highest BCUT2D eigenvalue weighted by Crippen LogP contribution is 2.31. The van der Waals surface area contributed by atoms with Crippen molar-refractivity contribution in [1.29, 1.82) is 5.26 Å². The lowest BCUT2D eigenvalue weighted by Gasteiger charge is -2.16. The van der Waals surface area contributed by atoms with Crippen LogP contribution in [-0.4, -0.2) is 30.1 Å². The molecule has 0 unspecified atom stereocenters. The van der Waals surface area contributed by atoms with Crippen LogP contribution in [0.3, 0.4) is 0 Å². The van der Waals surface area contributed by atoms with Crippen molar-refractivity contribution >= 4 is 22.5 Å². The standard InChI is InChI=1S/C25H26N4O2/c1-16(2)18-14-24(27-12-11-17-9-10-22(30-3)23(13-17)31-4)29-21-8-6-5-7-20(21)28-25(29)19(18)15-26/h5-10,13-14,16,27H,11-12H2,1-4H3. The Morgan fingerprint density at radius 3 is 2.55 bits per heavy atom. The lowest BCUT2D eigenvalue weighted by atomic mass is 9.99. The van der Waals surface area contributed by atoms with E-state index in [-0.39, 0.29) is 5.92 Å². The Kier molecular flexibility index (Phi) is 5.68. The molecule has 158 valence electrons. The van der Waals surface area contributed by atoms with Gasteiger partial charge in [0.25, 0.3) is 0 Å². The first-order valence-corrected chi connectivity index (χ1v) is 10.4. The van der Waals surface area contributed by atoms with Crippen molar-refractivity contribution in [3.63, 3.8) is 0 Å². The number of hydrogen-bond acceptors (Lipinski definition) is 5. The number of imidazole rings is 1. The van der Waals surface area contributed by atoms with Crippen LogP contribution in [0, 0.1) is 11.3 Å². The molecular weight excluding hydrogens is 388 g/mol. The van der Waals surface area contributed by atoms with Gasteiger partial charge in [0.15, 0.2) is 17.1 Å². The van der Waals surface area contributed by atoms with Crippen LogP contribution in [-0.2, 0) is 6.42 Å². The summed E-state index contributed by atoms with van der Waals surface area (Å²) in [5.74, 6) is 2.60. The highest BCUT2D eigenvalue weighted by Gasteiger charge is 2.18. The number of nitriles is 1. The molecule has 2 aromatic heterocycles. The zero-order valence-corrected chi connectivity index (χ0v) is 18.3. The number of fused-ring (bicyclic) bond motifs is 3. The first-order valence-electron chi connectivity index (χ1n) is 10.4. The van der Waals surface area contributed by atoms with E-state index in [1.807, 2.05) is 46.9 Å². The minimum Gasteiger partial charge on any atom is -0.493 e. The first kappa shape index (κ1) is 20.5. The summed E-state index contributed by atoms with van der Waals surface area (Å²) in [5, 5.41) is 13.4. The van der Waals surface area contributed by atoms with Crippen LogP contribution in [0.2, 0.25) is 0 Å². The van der Waals surface area contributed by atoms with E-state index < -0.39 is 0 Å². The van der Waals surface area contributed by atoms with Crippen molar-refractivity contribution in [2.75, 3.05) is 26.1 Å². The van der Waals surface area contributed by atoms with E-state index in [2.05, 4.69) is 31.3 Å². The molecule has 1 N–H and O–H groups in total. The summed E-state index contributed by atoms with van der Waals surface area (Å²) in [6, 6.07) is 18.4. The number of ether oxygens (including phenoxy) is 2. The molecule has 0 aliphatic carbocycles. The Bertz CT molecular complexity index is 1280. The quantitative estimate of drug-likeness (QED) is 0.453. The lowest BCUT2D eigenvalue weighted by Crippen LogP contribution is -2.11. The molecule has 0 radical (unpaired) electrons. The maximum absolute atomic E-state index is 9.85. The zero-order valence-electron chi connectivity index (χ0n) is 18.3. The summed E-state index contributed by atoms with van der Waals surface area (Å²) in [6.07, 6.45) is 0.811. The molecule has 2 aromatic carbocycles. The average Bonchev–Trinajstić information content (AvgIpc) is 3.18. The van der Waals surface area contributed by atoms with Gasteiger partial charge in [0.05, 0.1) is 30.8 Å². The number of methoxy groups -OCH3 is 2. The van der Waals surface area contributed by atoms with Crippen LogP contribution in [0.25, 0.3) is 16.7 Å². The first-order chi connectivity index (χ1) is 15.1. The smallest absolute Gasteiger partial charge is 0.160 e. The largest absolute Gasteiger partial charge is 0.493 e. The molecule has 4 rings (SSSR count). The number of pyridine rings is 1. The monoisotopic (exact) mass is 414 g/mol. The molecule has 0 spiro atoms. The number of benzene rings is 2. The molecule has 0 saturated carbocycles. The molecule has 0 aliphatic rings. The molecule has 4 aromatic rings. The van der Waals surface area contributed by atoms with Gasteiger partial charge in [-0.15, -0.1) is 0 Å². The number of hydrogen-bond donors (Lipinski definition) is 1. The number of rotatable bonds is 7. The van der Waals surface area contributed by atoms with Crippen LogP contribution in [0.4, 0.5) is 5.82 Å². The summed E-state index contributed by atoms with van der Waals surface area (Å²) in [7, 11) is 3.28. The van der Waals surface area contributed by atoms with E-state index >= 15 is 0 Å². The van der Waals surface area contributed by atoms with Gasteiger partial charge in [-0.3, -0.25) is 4.40 Å². The Labute approximate surface area is 182 Å². The van der Waals surface area contributed by atoms with Crippen LogP contribution in [0.15, 0.2) is 48.5 Å². The SMILES string of the molecule is COc1ccc(CCNc2cc(C(C)C)c(C#N)c3nc4ccccc4n23)cc1OC. The fraction of sp³-hybridized carbons (Fsp3) is 0.280. The van der Waals surface area contributed by atoms with Gasteiger partial charge in [-0.2, -0.15) is 5.26 Å². The Morgan fingerprint density at radius 2 is 1.84 bits per heavy atom. The molecule has 0 atom stereocenters. The number of para-hydroxylation sites is 2. The van der Waals surface area contributed by atoms with Crippen molar-refractivity contribution in [3.05, 3.63) is 65.2 Å². The lowest BCUT2D eigenvalue weighted by molar-refractivity contribution is 0.354. The average molecular weight is 415 g/mol. The van der Waals surface area contributed by atoms with Crippen molar-refractivity contribution in [2.24, 2.45) is 0 Å². The van der Waals surface area contributed by atoms with Gasteiger partial charge in [-0.05, 0) is 53.8 Å². The van der Waals surface area contributed by atoms with Crippen molar-refractivity contribution in [1.82, 2.24) is 9.38 Å². The number of anilines is 1. The van der Waals surface area contributed by atoms with Gasteiger partial charge in [0.2, 0.25) is 0 Å². The Balaban J connectivity index is 1.71. The van der Waals surface area contributed by atoms with Gasteiger partial charge < -0.3 is 14.8 Å². The summed E-state index contributed by atoms with van der Waals surface area (Å²) >= 11 is 0. The van der Waals surface area contributed by atoms with E-state index in [9.17, 15) is 5.26 Å². The van der Waals surface area contributed by atoms with Gasteiger partial charge in [0, 0.05) is 6.54 Å². The fourth-order valence-electron chi connectivity index (χ4n) is 3.92. The van der Waals surface area contributed by atoms with E-state index in [1.54, 1.807) is 14.2 Å². The van der Waals surface area contributed by atoms with Gasteiger partial charge in [0.1, 0.15) is 11.9 Å². The van der Waals surface area contributed by atoms with Crippen molar-refractivity contribution in [2.45, 2.75) is 26.2 Å². The molecular formula is C25H26N4O2. The second-order valence-electron chi connectivity index (χ2n) is 7.75. The van der Waals surface area contributed by atoms with Crippen LogP contribution >= 0.6 is 0 Å². The summed E-state index contributed by atoms with van der Waals surface area (Å²) in [4.78, 5) is 4.77. The normalized spacial score (nSPS) is 11.1. The Morgan fingerprint density at radius 1 is 1.06 bits per heavy atom. The summed E-state index contributed by atoms with van der Waals surface area (Å²) in [5.41, 5.74) is 5.34. The van der Waals surface area contributed by atoms with Crippen LogP contribution in [0.5, 0.6) is 11.5 Å². The second kappa shape index (κ2) is 8.57. The van der Waals surface area contributed by atoms with Gasteiger partial charge >= 0.3 is 0 Å². The molecule has 0 bridgehead atoms. The maximum atomic E-state index is 9.85.